The van der Waals surface area contributed by atoms with Crippen LogP contribution < -0.4 is 10.6 Å². The van der Waals surface area contributed by atoms with Crippen LogP contribution in [0.3, 0.4) is 0 Å². The number of hydrogen-bond acceptors (Lipinski definition) is 4. The molecule has 1 fully saturated rings. The zero-order valence-corrected chi connectivity index (χ0v) is 12.2. The van der Waals surface area contributed by atoms with E-state index in [1.807, 2.05) is 6.92 Å². The van der Waals surface area contributed by atoms with Crippen LogP contribution in [0, 0.1) is 0 Å². The summed E-state index contributed by atoms with van der Waals surface area (Å²) < 4.78 is 22.6. The van der Waals surface area contributed by atoms with Gasteiger partial charge < -0.3 is 10.6 Å². The second kappa shape index (κ2) is 6.52. The van der Waals surface area contributed by atoms with E-state index in [1.54, 1.807) is 6.92 Å². The van der Waals surface area contributed by atoms with Gasteiger partial charge in [-0.05, 0) is 26.7 Å². The summed E-state index contributed by atoms with van der Waals surface area (Å²) >= 11 is 0. The van der Waals surface area contributed by atoms with Crippen molar-refractivity contribution in [3.63, 3.8) is 0 Å². The smallest absolute Gasteiger partial charge is 0.237 e. The molecule has 0 radical (unpaired) electrons. The fourth-order valence-corrected chi connectivity index (χ4v) is 3.91. The van der Waals surface area contributed by atoms with E-state index in [2.05, 4.69) is 17.6 Å². The third-order valence-electron chi connectivity index (χ3n) is 3.22. The molecule has 0 bridgehead atoms. The Morgan fingerprint density at radius 1 is 1.39 bits per heavy atom. The van der Waals surface area contributed by atoms with Crippen molar-refractivity contribution in [2.24, 2.45) is 0 Å². The Hall–Kier alpha value is -0.620. The monoisotopic (exact) mass is 276 g/mol. The van der Waals surface area contributed by atoms with Crippen molar-refractivity contribution in [3.05, 3.63) is 0 Å². The van der Waals surface area contributed by atoms with Crippen molar-refractivity contribution in [1.29, 1.82) is 0 Å². The zero-order chi connectivity index (χ0) is 13.8. The van der Waals surface area contributed by atoms with Crippen LogP contribution >= 0.6 is 0 Å². The highest BCUT2D eigenvalue weighted by molar-refractivity contribution is 7.91. The first-order chi connectivity index (χ1) is 8.34. The first kappa shape index (κ1) is 15.4. The molecule has 3 atom stereocenters. The fourth-order valence-electron chi connectivity index (χ4n) is 2.23. The molecule has 0 aliphatic carbocycles. The van der Waals surface area contributed by atoms with Crippen LogP contribution in [0.2, 0.25) is 0 Å². The Labute approximate surface area is 110 Å². The average molecular weight is 276 g/mol. The van der Waals surface area contributed by atoms with Gasteiger partial charge in [0.15, 0.2) is 9.84 Å². The maximum absolute atomic E-state index is 11.9. The molecule has 1 amide bonds. The molecule has 106 valence electrons. The van der Waals surface area contributed by atoms with Gasteiger partial charge in [0.25, 0.3) is 0 Å². The molecule has 1 heterocycles. The Morgan fingerprint density at radius 3 is 2.56 bits per heavy atom. The number of sulfone groups is 1. The minimum absolute atomic E-state index is 0.0553. The molecule has 0 aromatic rings. The topological polar surface area (TPSA) is 75.3 Å². The maximum Gasteiger partial charge on any atom is 0.237 e. The van der Waals surface area contributed by atoms with Crippen molar-refractivity contribution in [3.8, 4) is 0 Å². The third-order valence-corrected chi connectivity index (χ3v) is 4.99. The number of hydrogen-bond donors (Lipinski definition) is 2. The van der Waals surface area contributed by atoms with Crippen LogP contribution in [0.5, 0.6) is 0 Å². The molecule has 0 saturated carbocycles. The minimum Gasteiger partial charge on any atom is -0.352 e. The molecule has 18 heavy (non-hydrogen) atoms. The van der Waals surface area contributed by atoms with Gasteiger partial charge in [0.2, 0.25) is 5.91 Å². The van der Waals surface area contributed by atoms with E-state index in [0.717, 1.165) is 12.8 Å². The van der Waals surface area contributed by atoms with Crippen LogP contribution in [-0.2, 0) is 14.6 Å². The molecule has 1 aliphatic heterocycles. The molecule has 1 saturated heterocycles. The van der Waals surface area contributed by atoms with E-state index >= 15 is 0 Å². The van der Waals surface area contributed by atoms with Crippen molar-refractivity contribution in [2.45, 2.75) is 58.2 Å². The highest BCUT2D eigenvalue weighted by Crippen LogP contribution is 2.11. The molecule has 1 rings (SSSR count). The standard InChI is InChI=1S/C12H24N2O3S/c1-4-5-9(2)13-12(15)10(3)14-11-6-7-18(16,17)8-11/h9-11,14H,4-8H2,1-3H3,(H,13,15). The average Bonchev–Trinajstić information content (AvgIpc) is 2.58. The van der Waals surface area contributed by atoms with Crippen molar-refractivity contribution >= 4 is 15.7 Å². The normalized spacial score (nSPS) is 25.6. The molecule has 1 aliphatic rings. The largest absolute Gasteiger partial charge is 0.352 e. The maximum atomic E-state index is 11.9. The van der Waals surface area contributed by atoms with E-state index in [1.165, 1.54) is 0 Å². The van der Waals surface area contributed by atoms with E-state index in [0.29, 0.717) is 6.42 Å². The van der Waals surface area contributed by atoms with Crippen molar-refractivity contribution in [2.75, 3.05) is 11.5 Å². The highest BCUT2D eigenvalue weighted by Gasteiger charge is 2.29. The highest BCUT2D eigenvalue weighted by atomic mass is 32.2. The lowest BCUT2D eigenvalue weighted by atomic mass is 10.1. The van der Waals surface area contributed by atoms with E-state index < -0.39 is 9.84 Å². The summed E-state index contributed by atoms with van der Waals surface area (Å²) in [4.78, 5) is 11.9. The number of carbonyl (C=O) groups excluding carboxylic acids is 1. The van der Waals surface area contributed by atoms with Gasteiger partial charge in [-0.1, -0.05) is 13.3 Å². The van der Waals surface area contributed by atoms with E-state index in [-0.39, 0.29) is 35.5 Å². The Morgan fingerprint density at radius 2 is 2.06 bits per heavy atom. The Kier molecular flexibility index (Phi) is 5.59. The SMILES string of the molecule is CCCC(C)NC(=O)C(C)NC1CCS(=O)(=O)C1. The molecule has 0 aromatic heterocycles. The van der Waals surface area contributed by atoms with Crippen molar-refractivity contribution in [1.82, 2.24) is 10.6 Å². The Balaban J connectivity index is 2.36. The summed E-state index contributed by atoms with van der Waals surface area (Å²) in [5.74, 6) is 0.320. The summed E-state index contributed by atoms with van der Waals surface area (Å²) in [6, 6.07) is -0.265. The summed E-state index contributed by atoms with van der Waals surface area (Å²) in [6.07, 6.45) is 2.59. The fraction of sp³-hybridized carbons (Fsp3) is 0.917. The summed E-state index contributed by atoms with van der Waals surface area (Å²) in [6.45, 7) is 5.83. The predicted molar refractivity (Wildman–Crippen MR) is 72.2 cm³/mol. The number of nitrogens with one attached hydrogen (secondary N) is 2. The van der Waals surface area contributed by atoms with Crippen LogP contribution in [-0.4, -0.2) is 44.0 Å². The van der Waals surface area contributed by atoms with Gasteiger partial charge in [0, 0.05) is 12.1 Å². The zero-order valence-electron chi connectivity index (χ0n) is 11.4. The van der Waals surface area contributed by atoms with Gasteiger partial charge in [-0.3, -0.25) is 4.79 Å². The molecule has 3 unspecified atom stereocenters. The van der Waals surface area contributed by atoms with Crippen LogP contribution in [0.15, 0.2) is 0 Å². The summed E-state index contributed by atoms with van der Waals surface area (Å²) in [7, 11) is -2.89. The first-order valence-electron chi connectivity index (χ1n) is 6.61. The Bertz CT molecular complexity index is 381. The molecular weight excluding hydrogens is 252 g/mol. The van der Waals surface area contributed by atoms with Crippen LogP contribution in [0.4, 0.5) is 0 Å². The summed E-state index contributed by atoms with van der Waals surface area (Å²) in [5.41, 5.74) is 0. The number of amides is 1. The van der Waals surface area contributed by atoms with Gasteiger partial charge in [0.05, 0.1) is 17.5 Å². The van der Waals surface area contributed by atoms with E-state index in [9.17, 15) is 13.2 Å². The third kappa shape index (κ3) is 4.94. The van der Waals surface area contributed by atoms with E-state index in [4.69, 9.17) is 0 Å². The van der Waals surface area contributed by atoms with Gasteiger partial charge in [-0.25, -0.2) is 8.42 Å². The van der Waals surface area contributed by atoms with Crippen LogP contribution in [0.25, 0.3) is 0 Å². The molecular formula is C12H24N2O3S. The molecule has 2 N–H and O–H groups in total. The molecule has 0 aromatic carbocycles. The van der Waals surface area contributed by atoms with Gasteiger partial charge >= 0.3 is 0 Å². The lowest BCUT2D eigenvalue weighted by Gasteiger charge is -2.20. The minimum atomic E-state index is -2.89. The molecule has 5 nitrogen and oxygen atoms in total. The first-order valence-corrected chi connectivity index (χ1v) is 8.43. The van der Waals surface area contributed by atoms with Gasteiger partial charge in [0.1, 0.15) is 0 Å². The molecule has 0 spiro atoms. The second-order valence-corrected chi connectivity index (χ2v) is 7.42. The van der Waals surface area contributed by atoms with Crippen LogP contribution in [0.1, 0.15) is 40.0 Å². The number of carbonyl (C=O) groups is 1. The summed E-state index contributed by atoms with van der Waals surface area (Å²) in [5, 5.41) is 6.01. The lowest BCUT2D eigenvalue weighted by Crippen LogP contribution is -2.49. The number of rotatable bonds is 6. The quantitative estimate of drug-likeness (QED) is 0.739. The van der Waals surface area contributed by atoms with Gasteiger partial charge in [-0.15, -0.1) is 0 Å². The molecule has 6 heteroatoms. The lowest BCUT2D eigenvalue weighted by molar-refractivity contribution is -0.123. The van der Waals surface area contributed by atoms with Crippen molar-refractivity contribution < 1.29 is 13.2 Å². The predicted octanol–water partition coefficient (Wildman–Crippen LogP) is 0.456. The second-order valence-electron chi connectivity index (χ2n) is 5.19. The van der Waals surface area contributed by atoms with Gasteiger partial charge in [-0.2, -0.15) is 0 Å².